The van der Waals surface area contributed by atoms with E-state index in [9.17, 15) is 14.7 Å². The minimum absolute atomic E-state index is 0. The van der Waals surface area contributed by atoms with Crippen molar-refractivity contribution in [2.75, 3.05) is 0 Å². The van der Waals surface area contributed by atoms with E-state index in [-0.39, 0.29) is 62.7 Å². The van der Waals surface area contributed by atoms with Gasteiger partial charge in [-0.3, -0.25) is 4.79 Å². The molecule has 0 bridgehead atoms. The van der Waals surface area contributed by atoms with Crippen molar-refractivity contribution in [3.8, 4) is 0 Å². The van der Waals surface area contributed by atoms with Crippen LogP contribution < -0.4 is 56.5 Å². The molecular weight excluding hydrogens is 255 g/mol. The van der Waals surface area contributed by atoms with Gasteiger partial charge < -0.3 is 9.90 Å². The van der Waals surface area contributed by atoms with E-state index in [1.165, 1.54) is 24.3 Å². The van der Waals surface area contributed by atoms with Gasteiger partial charge in [-0.1, -0.05) is 54.6 Å². The van der Waals surface area contributed by atoms with Crippen LogP contribution in [0.15, 0.2) is 54.6 Å². The molecule has 0 saturated carbocycles. The summed E-state index contributed by atoms with van der Waals surface area (Å²) in [5, 5.41) is 10.6. The van der Waals surface area contributed by atoms with Gasteiger partial charge >= 0.3 is 51.4 Å². The van der Waals surface area contributed by atoms with E-state index < -0.39 is 5.97 Å². The second kappa shape index (κ2) is 6.97. The number of aromatic carboxylic acids is 1. The van der Waals surface area contributed by atoms with Crippen LogP contribution in [0.3, 0.4) is 0 Å². The molecule has 0 unspecified atom stereocenters. The molecule has 2 rings (SSSR count). The third-order valence-electron chi connectivity index (χ3n) is 2.42. The molecule has 4 heteroatoms. The van der Waals surface area contributed by atoms with Gasteiger partial charge in [0.05, 0.1) is 5.97 Å². The average molecular weight is 264 g/mol. The number of rotatable bonds is 3. The molecule has 0 N–H and O–H groups in total. The van der Waals surface area contributed by atoms with Crippen molar-refractivity contribution in [2.45, 2.75) is 0 Å². The van der Waals surface area contributed by atoms with Crippen LogP contribution in [-0.2, 0) is 0 Å². The first-order chi connectivity index (χ1) is 8.18. The zero-order valence-corrected chi connectivity index (χ0v) is 13.0. The summed E-state index contributed by atoms with van der Waals surface area (Å²) in [5.41, 5.74) is 1.10. The minimum atomic E-state index is -1.25. The Balaban J connectivity index is 0.00000162. The Morgan fingerprint density at radius 1 is 0.722 bits per heavy atom. The molecule has 0 aliphatic rings. The van der Waals surface area contributed by atoms with Crippen LogP contribution in [0, 0.1) is 0 Å². The van der Waals surface area contributed by atoms with E-state index in [1.54, 1.807) is 24.3 Å². The first-order valence-corrected chi connectivity index (χ1v) is 5.09. The fraction of sp³-hybridized carbons (Fsp3) is 0. The molecule has 0 amide bonds. The summed E-state index contributed by atoms with van der Waals surface area (Å²) in [7, 11) is 0. The van der Waals surface area contributed by atoms with E-state index in [1.807, 2.05) is 6.07 Å². The van der Waals surface area contributed by atoms with Gasteiger partial charge in [-0.05, 0) is 5.56 Å². The Morgan fingerprint density at radius 3 is 1.67 bits per heavy atom. The standard InChI is InChI=1S/C14H10O3.K/c15-13(10-4-2-1-3-5-10)11-6-8-12(9-7-11)14(16)17;/h1-9H,(H,16,17);/q;+1/p-1. The normalized spacial score (nSPS) is 9.33. The van der Waals surface area contributed by atoms with Crippen LogP contribution in [0.4, 0.5) is 0 Å². The largest absolute Gasteiger partial charge is 1.00 e. The Hall–Kier alpha value is -0.784. The van der Waals surface area contributed by atoms with Crippen molar-refractivity contribution in [3.05, 3.63) is 71.3 Å². The first-order valence-electron chi connectivity index (χ1n) is 5.09. The predicted octanol–water partition coefficient (Wildman–Crippen LogP) is -1.71. The van der Waals surface area contributed by atoms with Crippen molar-refractivity contribution >= 4 is 11.8 Å². The second-order valence-electron chi connectivity index (χ2n) is 3.56. The maximum Gasteiger partial charge on any atom is 1.00 e. The second-order valence-corrected chi connectivity index (χ2v) is 3.56. The van der Waals surface area contributed by atoms with Gasteiger partial charge in [-0.15, -0.1) is 0 Å². The van der Waals surface area contributed by atoms with Gasteiger partial charge in [0.1, 0.15) is 0 Å². The summed E-state index contributed by atoms with van der Waals surface area (Å²) >= 11 is 0. The molecule has 0 aliphatic carbocycles. The van der Waals surface area contributed by atoms with Crippen molar-refractivity contribution in [1.29, 1.82) is 0 Å². The molecule has 0 heterocycles. The van der Waals surface area contributed by atoms with Gasteiger partial charge in [0.15, 0.2) is 5.78 Å². The summed E-state index contributed by atoms with van der Waals surface area (Å²) in [5.74, 6) is -1.38. The number of hydrogen-bond acceptors (Lipinski definition) is 3. The summed E-state index contributed by atoms with van der Waals surface area (Å²) in [4.78, 5) is 22.5. The maximum atomic E-state index is 12.0. The number of carbonyl (C=O) groups excluding carboxylic acids is 2. The number of carboxylic acids is 1. The maximum absolute atomic E-state index is 12.0. The Kier molecular flexibility index (Phi) is 5.91. The van der Waals surface area contributed by atoms with Crippen LogP contribution in [0.1, 0.15) is 26.3 Å². The number of hydrogen-bond donors (Lipinski definition) is 0. The van der Waals surface area contributed by atoms with E-state index in [4.69, 9.17) is 0 Å². The summed E-state index contributed by atoms with van der Waals surface area (Å²) < 4.78 is 0. The zero-order valence-electron chi connectivity index (χ0n) is 9.92. The third kappa shape index (κ3) is 3.60. The summed E-state index contributed by atoms with van der Waals surface area (Å²) in [6.45, 7) is 0. The van der Waals surface area contributed by atoms with Crippen LogP contribution in [0.2, 0.25) is 0 Å². The number of ketones is 1. The molecule has 0 atom stereocenters. The molecule has 2 aromatic rings. The van der Waals surface area contributed by atoms with Crippen molar-refractivity contribution in [1.82, 2.24) is 0 Å². The molecule has 0 fully saturated rings. The zero-order chi connectivity index (χ0) is 12.3. The topological polar surface area (TPSA) is 57.2 Å². The van der Waals surface area contributed by atoms with Gasteiger partial charge in [0.25, 0.3) is 0 Å². The van der Waals surface area contributed by atoms with Crippen molar-refractivity contribution in [2.24, 2.45) is 0 Å². The SMILES string of the molecule is O=C([O-])c1ccc(C(=O)c2ccccc2)cc1.[K+]. The Morgan fingerprint density at radius 2 is 1.17 bits per heavy atom. The predicted molar refractivity (Wildman–Crippen MR) is 60.6 cm³/mol. The van der Waals surface area contributed by atoms with E-state index in [0.29, 0.717) is 11.1 Å². The molecule has 3 nitrogen and oxygen atoms in total. The number of benzene rings is 2. The Labute approximate surface area is 147 Å². The van der Waals surface area contributed by atoms with Gasteiger partial charge in [-0.25, -0.2) is 0 Å². The van der Waals surface area contributed by atoms with Crippen LogP contribution >= 0.6 is 0 Å². The molecule has 0 aromatic heterocycles. The molecular formula is C14H9KO3. The van der Waals surface area contributed by atoms with Gasteiger partial charge in [-0.2, -0.15) is 0 Å². The van der Waals surface area contributed by atoms with E-state index in [2.05, 4.69) is 0 Å². The molecule has 0 spiro atoms. The van der Waals surface area contributed by atoms with E-state index >= 15 is 0 Å². The Bertz CT molecular complexity index is 547. The minimum Gasteiger partial charge on any atom is -0.545 e. The van der Waals surface area contributed by atoms with Crippen LogP contribution in [0.5, 0.6) is 0 Å². The summed E-state index contributed by atoms with van der Waals surface area (Å²) in [6.07, 6.45) is 0. The van der Waals surface area contributed by atoms with Crippen molar-refractivity contribution < 1.29 is 66.1 Å². The number of carboxylic acid groups (broad SMARTS) is 1. The van der Waals surface area contributed by atoms with E-state index in [0.717, 1.165) is 0 Å². The molecule has 0 saturated heterocycles. The monoisotopic (exact) mass is 264 g/mol. The van der Waals surface area contributed by atoms with Crippen molar-refractivity contribution in [3.63, 3.8) is 0 Å². The van der Waals surface area contributed by atoms with Crippen LogP contribution in [-0.4, -0.2) is 11.8 Å². The average Bonchev–Trinajstić information content (AvgIpc) is 2.39. The smallest absolute Gasteiger partial charge is 0.545 e. The molecule has 84 valence electrons. The third-order valence-corrected chi connectivity index (χ3v) is 2.42. The number of carbonyl (C=O) groups is 2. The fourth-order valence-electron chi connectivity index (χ4n) is 1.51. The van der Waals surface area contributed by atoms with Crippen LogP contribution in [0.25, 0.3) is 0 Å². The summed E-state index contributed by atoms with van der Waals surface area (Å²) in [6, 6.07) is 14.5. The molecule has 0 aliphatic heterocycles. The molecule has 2 aromatic carbocycles. The molecule has 0 radical (unpaired) electrons. The van der Waals surface area contributed by atoms with Gasteiger partial charge in [0, 0.05) is 11.1 Å². The first kappa shape index (κ1) is 15.3. The fourth-order valence-corrected chi connectivity index (χ4v) is 1.51. The molecule has 18 heavy (non-hydrogen) atoms. The quantitative estimate of drug-likeness (QED) is 0.490. The van der Waals surface area contributed by atoms with Gasteiger partial charge in [0.2, 0.25) is 0 Å².